The number of hydrazine groups is 1. The van der Waals surface area contributed by atoms with Crippen LogP contribution in [0.5, 0.6) is 0 Å². The summed E-state index contributed by atoms with van der Waals surface area (Å²) in [4.78, 5) is 25.3. The quantitative estimate of drug-likeness (QED) is 0.711. The summed E-state index contributed by atoms with van der Waals surface area (Å²) in [7, 11) is 0. The normalized spacial score (nSPS) is 9.89. The van der Waals surface area contributed by atoms with Crippen molar-refractivity contribution in [2.45, 2.75) is 0 Å². The second kappa shape index (κ2) is 5.08. The minimum atomic E-state index is -1.49. The standard InChI is InChI=1S/C11H10N4O4/c16-10(17)13-15(11(18)19)9-6-14(7-12-9)8-4-2-1-3-5-8/h1-7,13H,(H,16,17)(H,18,19). The van der Waals surface area contributed by atoms with E-state index in [-0.39, 0.29) is 5.82 Å². The van der Waals surface area contributed by atoms with E-state index in [1.165, 1.54) is 12.5 Å². The van der Waals surface area contributed by atoms with Crippen LogP contribution < -0.4 is 10.4 Å². The van der Waals surface area contributed by atoms with E-state index in [9.17, 15) is 9.59 Å². The molecule has 0 bridgehead atoms. The van der Waals surface area contributed by atoms with Gasteiger partial charge in [0.1, 0.15) is 6.33 Å². The van der Waals surface area contributed by atoms with Crippen LogP contribution in [0, 0.1) is 0 Å². The highest BCUT2D eigenvalue weighted by Crippen LogP contribution is 2.13. The summed E-state index contributed by atoms with van der Waals surface area (Å²) in [6.07, 6.45) is -0.166. The third-order valence-corrected chi connectivity index (χ3v) is 2.25. The molecule has 0 radical (unpaired) electrons. The molecule has 3 N–H and O–H groups in total. The molecule has 1 aromatic carbocycles. The summed E-state index contributed by atoms with van der Waals surface area (Å²) in [5.74, 6) is -0.0428. The lowest BCUT2D eigenvalue weighted by Crippen LogP contribution is -2.45. The van der Waals surface area contributed by atoms with Crippen LogP contribution in [0.2, 0.25) is 0 Å². The summed E-state index contributed by atoms with van der Waals surface area (Å²) in [6, 6.07) is 9.10. The zero-order valence-electron chi connectivity index (χ0n) is 9.59. The van der Waals surface area contributed by atoms with Gasteiger partial charge in [0.25, 0.3) is 0 Å². The summed E-state index contributed by atoms with van der Waals surface area (Å²) < 4.78 is 1.58. The van der Waals surface area contributed by atoms with Gasteiger partial charge in [0.2, 0.25) is 0 Å². The summed E-state index contributed by atoms with van der Waals surface area (Å²) in [6.45, 7) is 0. The van der Waals surface area contributed by atoms with E-state index >= 15 is 0 Å². The maximum atomic E-state index is 10.9. The number of nitrogens with zero attached hydrogens (tertiary/aromatic N) is 3. The molecule has 8 heteroatoms. The second-order valence-corrected chi connectivity index (χ2v) is 3.51. The lowest BCUT2D eigenvalue weighted by molar-refractivity contribution is 0.181. The average Bonchev–Trinajstić information content (AvgIpc) is 2.86. The van der Waals surface area contributed by atoms with Crippen molar-refractivity contribution < 1.29 is 19.8 Å². The number of aromatic nitrogens is 2. The molecule has 1 aromatic heterocycles. The fourth-order valence-electron chi connectivity index (χ4n) is 1.47. The van der Waals surface area contributed by atoms with Crippen molar-refractivity contribution in [3.8, 4) is 5.69 Å². The molecule has 0 unspecified atom stereocenters. The fraction of sp³-hybridized carbons (Fsp3) is 0. The number of imidazole rings is 1. The maximum absolute atomic E-state index is 10.9. The Bertz CT molecular complexity index is 596. The van der Waals surface area contributed by atoms with Crippen LogP contribution >= 0.6 is 0 Å². The number of carboxylic acid groups (broad SMARTS) is 2. The van der Waals surface area contributed by atoms with Crippen LogP contribution in [0.4, 0.5) is 15.4 Å². The molecule has 0 saturated heterocycles. The van der Waals surface area contributed by atoms with Crippen molar-refractivity contribution in [3.05, 3.63) is 42.9 Å². The van der Waals surface area contributed by atoms with Crippen molar-refractivity contribution in [1.82, 2.24) is 15.0 Å². The number of nitrogens with one attached hydrogen (secondary N) is 1. The van der Waals surface area contributed by atoms with E-state index in [0.717, 1.165) is 5.69 Å². The Hall–Kier alpha value is -3.03. The molecule has 0 atom stereocenters. The van der Waals surface area contributed by atoms with Crippen molar-refractivity contribution in [3.63, 3.8) is 0 Å². The highest BCUT2D eigenvalue weighted by Gasteiger charge is 2.19. The average molecular weight is 262 g/mol. The fourth-order valence-corrected chi connectivity index (χ4v) is 1.47. The van der Waals surface area contributed by atoms with E-state index in [2.05, 4.69) is 4.98 Å². The first-order valence-electron chi connectivity index (χ1n) is 5.20. The van der Waals surface area contributed by atoms with E-state index in [0.29, 0.717) is 5.01 Å². The van der Waals surface area contributed by atoms with Crippen molar-refractivity contribution in [1.29, 1.82) is 0 Å². The van der Waals surface area contributed by atoms with Gasteiger partial charge in [-0.15, -0.1) is 0 Å². The van der Waals surface area contributed by atoms with Gasteiger partial charge in [-0.1, -0.05) is 18.2 Å². The minimum absolute atomic E-state index is 0.0428. The highest BCUT2D eigenvalue weighted by atomic mass is 16.4. The molecular weight excluding hydrogens is 252 g/mol. The zero-order valence-corrected chi connectivity index (χ0v) is 9.59. The SMILES string of the molecule is O=C(O)NN(C(=O)O)c1cn(-c2ccccc2)cn1. The first kappa shape index (κ1) is 12.4. The molecule has 98 valence electrons. The van der Waals surface area contributed by atoms with Crippen molar-refractivity contribution in [2.75, 3.05) is 5.01 Å². The van der Waals surface area contributed by atoms with E-state index in [1.807, 2.05) is 18.2 Å². The Morgan fingerprint density at radius 3 is 2.47 bits per heavy atom. The molecule has 0 aliphatic heterocycles. The lowest BCUT2D eigenvalue weighted by atomic mass is 10.3. The van der Waals surface area contributed by atoms with Gasteiger partial charge in [0, 0.05) is 5.69 Å². The molecule has 2 amide bonds. The van der Waals surface area contributed by atoms with E-state index in [4.69, 9.17) is 10.2 Å². The first-order valence-corrected chi connectivity index (χ1v) is 5.20. The topological polar surface area (TPSA) is 108 Å². The Balaban J connectivity index is 2.29. The van der Waals surface area contributed by atoms with Crippen molar-refractivity contribution >= 4 is 18.0 Å². The number of benzene rings is 1. The lowest BCUT2D eigenvalue weighted by Gasteiger charge is -2.14. The zero-order chi connectivity index (χ0) is 13.8. The molecule has 0 aliphatic carbocycles. The molecule has 19 heavy (non-hydrogen) atoms. The van der Waals surface area contributed by atoms with Crippen LogP contribution in [0.3, 0.4) is 0 Å². The smallest absolute Gasteiger partial charge is 0.432 e. The molecule has 1 heterocycles. The molecule has 0 fully saturated rings. The number of hydrogen-bond acceptors (Lipinski definition) is 3. The molecule has 2 aromatic rings. The number of anilines is 1. The van der Waals surface area contributed by atoms with Crippen LogP contribution in [0.1, 0.15) is 0 Å². The van der Waals surface area contributed by atoms with Gasteiger partial charge < -0.3 is 14.8 Å². The van der Waals surface area contributed by atoms with Gasteiger partial charge in [-0.2, -0.15) is 5.01 Å². The molecular formula is C11H10N4O4. The molecule has 0 saturated carbocycles. The number of amides is 2. The first-order chi connectivity index (χ1) is 9.08. The number of rotatable bonds is 2. The largest absolute Gasteiger partial charge is 0.464 e. The molecule has 8 nitrogen and oxygen atoms in total. The van der Waals surface area contributed by atoms with Crippen LogP contribution in [-0.4, -0.2) is 32.0 Å². The van der Waals surface area contributed by atoms with Gasteiger partial charge in [0.05, 0.1) is 6.20 Å². The summed E-state index contributed by atoms with van der Waals surface area (Å²) in [5, 5.41) is 17.9. The van der Waals surface area contributed by atoms with Crippen LogP contribution in [-0.2, 0) is 0 Å². The van der Waals surface area contributed by atoms with Gasteiger partial charge >= 0.3 is 12.2 Å². The Morgan fingerprint density at radius 1 is 1.21 bits per heavy atom. The Morgan fingerprint density at radius 2 is 1.89 bits per heavy atom. The molecule has 0 aliphatic rings. The van der Waals surface area contributed by atoms with E-state index in [1.54, 1.807) is 22.1 Å². The Labute approximate surface area is 107 Å². The molecule has 0 spiro atoms. The summed E-state index contributed by atoms with van der Waals surface area (Å²) in [5.41, 5.74) is 2.51. The van der Waals surface area contributed by atoms with E-state index < -0.39 is 12.2 Å². The minimum Gasteiger partial charge on any atom is -0.464 e. The maximum Gasteiger partial charge on any atom is 0.432 e. The number of para-hydroxylation sites is 1. The third kappa shape index (κ3) is 2.80. The Kier molecular flexibility index (Phi) is 3.33. The van der Waals surface area contributed by atoms with Gasteiger partial charge in [-0.05, 0) is 12.1 Å². The predicted octanol–water partition coefficient (Wildman–Crippen LogP) is 1.54. The van der Waals surface area contributed by atoms with Crippen LogP contribution in [0.15, 0.2) is 42.9 Å². The third-order valence-electron chi connectivity index (χ3n) is 2.25. The highest BCUT2D eigenvalue weighted by molar-refractivity contribution is 5.87. The second-order valence-electron chi connectivity index (χ2n) is 3.51. The van der Waals surface area contributed by atoms with Gasteiger partial charge in [0.15, 0.2) is 5.82 Å². The summed E-state index contributed by atoms with van der Waals surface area (Å²) >= 11 is 0. The van der Waals surface area contributed by atoms with Crippen molar-refractivity contribution in [2.24, 2.45) is 0 Å². The predicted molar refractivity (Wildman–Crippen MR) is 65.2 cm³/mol. The van der Waals surface area contributed by atoms with Gasteiger partial charge in [-0.25, -0.2) is 20.0 Å². The number of carbonyl (C=O) groups is 2. The number of hydrogen-bond donors (Lipinski definition) is 3. The monoisotopic (exact) mass is 262 g/mol. The van der Waals surface area contributed by atoms with Gasteiger partial charge in [-0.3, -0.25) is 0 Å². The molecule has 2 rings (SSSR count). The van der Waals surface area contributed by atoms with Crippen LogP contribution in [0.25, 0.3) is 5.69 Å².